The van der Waals surface area contributed by atoms with Crippen LogP contribution in [-0.4, -0.2) is 36.5 Å². The quantitative estimate of drug-likeness (QED) is 0.694. The Bertz CT molecular complexity index is 225. The topological polar surface area (TPSA) is 41.1 Å². The predicted octanol–water partition coefficient (Wildman–Crippen LogP) is 1.16. The van der Waals surface area contributed by atoms with Crippen molar-refractivity contribution in [2.24, 2.45) is 0 Å². The highest BCUT2D eigenvalue weighted by molar-refractivity contribution is 8.00. The van der Waals surface area contributed by atoms with E-state index >= 15 is 0 Å². The third-order valence-corrected chi connectivity index (χ3v) is 3.70. The summed E-state index contributed by atoms with van der Waals surface area (Å²) >= 11 is 1.78. The Labute approximate surface area is 96.1 Å². The summed E-state index contributed by atoms with van der Waals surface area (Å²) < 4.78 is 0. The lowest BCUT2D eigenvalue weighted by atomic mass is 10.2. The number of hydrogen-bond donors (Lipinski definition) is 2. The van der Waals surface area contributed by atoms with Crippen LogP contribution in [0.25, 0.3) is 0 Å². The summed E-state index contributed by atoms with van der Waals surface area (Å²) in [6.07, 6.45) is 2.36. The molecule has 1 saturated heterocycles. The van der Waals surface area contributed by atoms with Crippen molar-refractivity contribution < 1.29 is 4.79 Å². The zero-order valence-corrected chi connectivity index (χ0v) is 10.2. The molecular weight excluding hydrogens is 208 g/mol. The molecule has 0 aromatic heterocycles. The van der Waals surface area contributed by atoms with E-state index in [1.165, 1.54) is 12.8 Å². The maximum absolute atomic E-state index is 11.4. The van der Waals surface area contributed by atoms with Gasteiger partial charge < -0.3 is 10.6 Å². The average Bonchev–Trinajstić information content (AvgIpc) is 2.25. The van der Waals surface area contributed by atoms with Crippen molar-refractivity contribution in [3.8, 4) is 0 Å². The molecule has 0 aromatic rings. The molecule has 2 N–H and O–H groups in total. The molecule has 0 radical (unpaired) electrons. The summed E-state index contributed by atoms with van der Waals surface area (Å²) in [6, 6.07) is 0. The molecule has 0 aliphatic carbocycles. The van der Waals surface area contributed by atoms with Crippen molar-refractivity contribution in [3.05, 3.63) is 12.2 Å². The third kappa shape index (κ3) is 5.85. The fraction of sp³-hybridized carbons (Fsp3) is 0.727. The molecular formula is C11H20N2OS. The van der Waals surface area contributed by atoms with Gasteiger partial charge in [-0.25, -0.2) is 0 Å². The monoisotopic (exact) mass is 228 g/mol. The molecule has 1 amide bonds. The van der Waals surface area contributed by atoms with Crippen LogP contribution in [-0.2, 0) is 4.79 Å². The van der Waals surface area contributed by atoms with Crippen LogP contribution in [0, 0.1) is 0 Å². The number of amides is 1. The molecule has 86 valence electrons. The lowest BCUT2D eigenvalue weighted by molar-refractivity contribution is -0.118. The Kier molecular flexibility index (Phi) is 5.79. The van der Waals surface area contributed by atoms with Gasteiger partial charge in [0.1, 0.15) is 0 Å². The van der Waals surface area contributed by atoms with Gasteiger partial charge in [-0.15, -0.1) is 11.8 Å². The normalized spacial score (nSPS) is 17.4. The highest BCUT2D eigenvalue weighted by atomic mass is 32.2. The van der Waals surface area contributed by atoms with E-state index in [0.29, 0.717) is 17.5 Å². The molecule has 0 saturated carbocycles. The van der Waals surface area contributed by atoms with Crippen molar-refractivity contribution in [1.29, 1.82) is 0 Å². The zero-order valence-electron chi connectivity index (χ0n) is 9.34. The van der Waals surface area contributed by atoms with E-state index in [1.54, 1.807) is 11.8 Å². The summed E-state index contributed by atoms with van der Waals surface area (Å²) in [4.78, 5) is 11.4. The number of nitrogens with one attached hydrogen (secondary N) is 2. The van der Waals surface area contributed by atoms with Crippen LogP contribution in [0.2, 0.25) is 0 Å². The Balaban J connectivity index is 2.07. The van der Waals surface area contributed by atoms with Gasteiger partial charge in [-0.3, -0.25) is 4.79 Å². The maximum atomic E-state index is 11.4. The first kappa shape index (κ1) is 12.6. The molecule has 15 heavy (non-hydrogen) atoms. The second-order valence-corrected chi connectivity index (χ2v) is 5.28. The first-order chi connectivity index (χ1) is 7.18. The van der Waals surface area contributed by atoms with Crippen molar-refractivity contribution >= 4 is 17.7 Å². The molecule has 0 bridgehead atoms. The molecule has 3 nitrogen and oxygen atoms in total. The minimum absolute atomic E-state index is 0.126. The number of hydrogen-bond acceptors (Lipinski definition) is 3. The molecule has 0 spiro atoms. The van der Waals surface area contributed by atoms with Gasteiger partial charge in [0.05, 0.1) is 5.75 Å². The Morgan fingerprint density at radius 1 is 1.53 bits per heavy atom. The van der Waals surface area contributed by atoms with Crippen LogP contribution in [0.3, 0.4) is 0 Å². The average molecular weight is 228 g/mol. The number of piperidine rings is 1. The number of carbonyl (C=O) groups is 1. The summed E-state index contributed by atoms with van der Waals surface area (Å²) in [5, 5.41) is 6.82. The van der Waals surface area contributed by atoms with E-state index in [4.69, 9.17) is 0 Å². The van der Waals surface area contributed by atoms with E-state index in [-0.39, 0.29) is 5.91 Å². The SMILES string of the molecule is C=C(C)CNC(=O)CSC1CCNCC1. The first-order valence-electron chi connectivity index (χ1n) is 5.42. The van der Waals surface area contributed by atoms with E-state index in [2.05, 4.69) is 17.2 Å². The van der Waals surface area contributed by atoms with Gasteiger partial charge in [-0.05, 0) is 32.9 Å². The second-order valence-electron chi connectivity index (χ2n) is 3.99. The molecule has 1 aliphatic heterocycles. The third-order valence-electron chi connectivity index (χ3n) is 2.32. The van der Waals surface area contributed by atoms with Gasteiger partial charge in [0.15, 0.2) is 0 Å². The van der Waals surface area contributed by atoms with Gasteiger partial charge >= 0.3 is 0 Å². The summed E-state index contributed by atoms with van der Waals surface area (Å²) in [5.74, 6) is 0.708. The summed E-state index contributed by atoms with van der Waals surface area (Å²) in [6.45, 7) is 8.44. The fourth-order valence-corrected chi connectivity index (χ4v) is 2.51. The van der Waals surface area contributed by atoms with Crippen LogP contribution in [0.5, 0.6) is 0 Å². The molecule has 1 fully saturated rings. The maximum Gasteiger partial charge on any atom is 0.230 e. The minimum atomic E-state index is 0.126. The van der Waals surface area contributed by atoms with E-state index < -0.39 is 0 Å². The first-order valence-corrected chi connectivity index (χ1v) is 6.47. The summed E-state index contributed by atoms with van der Waals surface area (Å²) in [5.41, 5.74) is 0.996. The number of rotatable bonds is 5. The Morgan fingerprint density at radius 3 is 2.80 bits per heavy atom. The van der Waals surface area contributed by atoms with Crippen LogP contribution in [0.15, 0.2) is 12.2 Å². The second kappa shape index (κ2) is 6.90. The van der Waals surface area contributed by atoms with Crippen molar-refractivity contribution in [2.45, 2.75) is 25.0 Å². The van der Waals surface area contributed by atoms with E-state index in [9.17, 15) is 4.79 Å². The van der Waals surface area contributed by atoms with Gasteiger partial charge in [0.2, 0.25) is 5.91 Å². The number of carbonyl (C=O) groups excluding carboxylic acids is 1. The highest BCUT2D eigenvalue weighted by Gasteiger charge is 2.14. The van der Waals surface area contributed by atoms with Crippen LogP contribution in [0.1, 0.15) is 19.8 Å². The predicted molar refractivity (Wildman–Crippen MR) is 66.2 cm³/mol. The van der Waals surface area contributed by atoms with Crippen LogP contribution in [0.4, 0.5) is 0 Å². The van der Waals surface area contributed by atoms with E-state index in [0.717, 1.165) is 18.7 Å². The molecule has 0 atom stereocenters. The smallest absolute Gasteiger partial charge is 0.230 e. The van der Waals surface area contributed by atoms with Crippen LogP contribution < -0.4 is 10.6 Å². The molecule has 1 heterocycles. The van der Waals surface area contributed by atoms with E-state index in [1.807, 2.05) is 6.92 Å². The van der Waals surface area contributed by atoms with Crippen molar-refractivity contribution in [3.63, 3.8) is 0 Å². The van der Waals surface area contributed by atoms with Gasteiger partial charge in [0, 0.05) is 11.8 Å². The Morgan fingerprint density at radius 2 is 2.20 bits per heavy atom. The highest BCUT2D eigenvalue weighted by Crippen LogP contribution is 2.19. The zero-order chi connectivity index (χ0) is 11.1. The molecule has 1 rings (SSSR count). The van der Waals surface area contributed by atoms with Crippen LogP contribution >= 0.6 is 11.8 Å². The van der Waals surface area contributed by atoms with Crippen molar-refractivity contribution in [1.82, 2.24) is 10.6 Å². The standard InChI is InChI=1S/C11H20N2OS/c1-9(2)7-13-11(14)8-15-10-3-5-12-6-4-10/h10,12H,1,3-8H2,2H3,(H,13,14). The largest absolute Gasteiger partial charge is 0.352 e. The molecule has 0 aromatic carbocycles. The van der Waals surface area contributed by atoms with Gasteiger partial charge in [-0.2, -0.15) is 0 Å². The number of thioether (sulfide) groups is 1. The van der Waals surface area contributed by atoms with Gasteiger partial charge in [-0.1, -0.05) is 12.2 Å². The van der Waals surface area contributed by atoms with Gasteiger partial charge in [0.25, 0.3) is 0 Å². The van der Waals surface area contributed by atoms with Crippen molar-refractivity contribution in [2.75, 3.05) is 25.4 Å². The molecule has 0 unspecified atom stereocenters. The molecule has 1 aliphatic rings. The molecule has 4 heteroatoms. The minimum Gasteiger partial charge on any atom is -0.352 e. The fourth-order valence-electron chi connectivity index (χ4n) is 1.46. The Hall–Kier alpha value is -0.480. The lowest BCUT2D eigenvalue weighted by Crippen LogP contribution is -2.31. The summed E-state index contributed by atoms with van der Waals surface area (Å²) in [7, 11) is 0. The lowest BCUT2D eigenvalue weighted by Gasteiger charge is -2.21.